The molecular formula is C23H35ClN7OS+. The van der Waals surface area contributed by atoms with E-state index < -0.39 is 0 Å². The zero-order valence-electron chi connectivity index (χ0n) is 19.8. The molecule has 3 heterocycles. The Labute approximate surface area is 205 Å². The fraction of sp³-hybridized carbons (Fsp3) is 0.609. The van der Waals surface area contributed by atoms with Crippen molar-refractivity contribution < 1.29 is 4.74 Å². The molecule has 10 heteroatoms. The molecule has 0 spiro atoms. The molecule has 2 aromatic rings. The average molecular weight is 493 g/mol. The van der Waals surface area contributed by atoms with Gasteiger partial charge < -0.3 is 20.7 Å². The van der Waals surface area contributed by atoms with E-state index in [1.807, 2.05) is 12.1 Å². The van der Waals surface area contributed by atoms with Gasteiger partial charge in [0.2, 0.25) is 11.9 Å². The molecule has 0 radical (unpaired) electrons. The molecule has 0 aliphatic carbocycles. The Morgan fingerprint density at radius 2 is 1.94 bits per heavy atom. The third-order valence-electron chi connectivity index (χ3n) is 7.07. The molecule has 8 nitrogen and oxygen atoms in total. The summed E-state index contributed by atoms with van der Waals surface area (Å²) in [5.74, 6) is 4.40. The zero-order chi connectivity index (χ0) is 23.4. The number of hydrogen-bond donors (Lipinski definition) is 2. The van der Waals surface area contributed by atoms with Gasteiger partial charge in [0.25, 0.3) is 0 Å². The summed E-state index contributed by atoms with van der Waals surface area (Å²) in [6.45, 7) is 2.18. The highest BCUT2D eigenvalue weighted by Gasteiger charge is 2.46. The van der Waals surface area contributed by atoms with E-state index >= 15 is 0 Å². The predicted octanol–water partition coefficient (Wildman–Crippen LogP) is 4.18. The van der Waals surface area contributed by atoms with Crippen LogP contribution >= 0.6 is 23.4 Å². The van der Waals surface area contributed by atoms with Crippen LogP contribution in [0.1, 0.15) is 32.1 Å². The first-order valence-electron chi connectivity index (χ1n) is 11.6. The Morgan fingerprint density at radius 3 is 2.67 bits per heavy atom. The number of ether oxygens (including phenoxy) is 1. The van der Waals surface area contributed by atoms with Gasteiger partial charge in [-0.1, -0.05) is 11.6 Å². The number of anilines is 3. The monoisotopic (exact) mass is 492 g/mol. The topological polar surface area (TPSA) is 89.2 Å². The molecule has 2 aliphatic heterocycles. The van der Waals surface area contributed by atoms with E-state index in [2.05, 4.69) is 41.1 Å². The van der Waals surface area contributed by atoms with Crippen LogP contribution in [0.25, 0.3) is 0 Å². The number of thioether (sulfide) groups is 1. The van der Waals surface area contributed by atoms with E-state index in [-0.39, 0.29) is 5.95 Å². The molecule has 0 amide bonds. The number of nitrogens with two attached hydrogens (primary N) is 1. The Bertz CT molecular complexity index is 948. The second-order valence-corrected chi connectivity index (χ2v) is 10.8. The lowest BCUT2D eigenvalue weighted by atomic mass is 9.97. The van der Waals surface area contributed by atoms with Crippen LogP contribution in [0.4, 0.5) is 23.5 Å². The molecular weight excluding hydrogens is 458 g/mol. The molecule has 1 aromatic heterocycles. The van der Waals surface area contributed by atoms with Gasteiger partial charge in [-0.2, -0.15) is 16.7 Å². The number of aromatic nitrogens is 3. The fourth-order valence-corrected chi connectivity index (χ4v) is 6.57. The molecule has 2 aliphatic rings. The van der Waals surface area contributed by atoms with Crippen molar-refractivity contribution in [3.05, 3.63) is 23.2 Å². The van der Waals surface area contributed by atoms with Crippen molar-refractivity contribution in [3.63, 3.8) is 0 Å². The Morgan fingerprint density at radius 1 is 1.15 bits per heavy atom. The Balaban J connectivity index is 1.69. The van der Waals surface area contributed by atoms with E-state index in [0.717, 1.165) is 43.3 Å². The molecule has 0 bridgehead atoms. The normalized spacial score (nSPS) is 22.4. The van der Waals surface area contributed by atoms with Gasteiger partial charge in [-0.15, -0.1) is 9.97 Å². The largest absolute Gasteiger partial charge is 0.495 e. The van der Waals surface area contributed by atoms with Gasteiger partial charge in [0.1, 0.15) is 11.8 Å². The third-order valence-corrected chi connectivity index (χ3v) is 8.56. The molecule has 2 atom stereocenters. The van der Waals surface area contributed by atoms with Crippen LogP contribution in [0.2, 0.25) is 5.02 Å². The maximum absolute atomic E-state index is 6.31. The van der Waals surface area contributed by atoms with Crippen LogP contribution in [0.5, 0.6) is 5.75 Å². The molecule has 0 saturated carbocycles. The van der Waals surface area contributed by atoms with Crippen LogP contribution < -0.4 is 20.3 Å². The first-order chi connectivity index (χ1) is 15.9. The maximum atomic E-state index is 6.31. The zero-order valence-corrected chi connectivity index (χ0v) is 21.3. The van der Waals surface area contributed by atoms with Crippen LogP contribution in [0.15, 0.2) is 18.2 Å². The molecule has 2 unspecified atom stereocenters. The highest BCUT2D eigenvalue weighted by Crippen LogP contribution is 2.36. The summed E-state index contributed by atoms with van der Waals surface area (Å²) in [6, 6.07) is 6.41. The van der Waals surface area contributed by atoms with Crippen LogP contribution in [-0.2, 0) is 0 Å². The first-order valence-corrected chi connectivity index (χ1v) is 13.2. The number of likely N-dealkylation sites (tertiary alicyclic amines) is 1. The second-order valence-electron chi connectivity index (χ2n) is 9.20. The molecule has 4 rings (SSSR count). The summed E-state index contributed by atoms with van der Waals surface area (Å²) in [5.41, 5.74) is 7.00. The van der Waals surface area contributed by atoms with Gasteiger partial charge in [0.05, 0.1) is 25.2 Å². The van der Waals surface area contributed by atoms with Gasteiger partial charge in [-0.3, -0.25) is 4.48 Å². The summed E-state index contributed by atoms with van der Waals surface area (Å²) in [6.07, 6.45) is 5.94. The summed E-state index contributed by atoms with van der Waals surface area (Å²) in [7, 11) is 6.11. The van der Waals surface area contributed by atoms with E-state index in [1.165, 1.54) is 25.0 Å². The van der Waals surface area contributed by atoms with E-state index in [9.17, 15) is 0 Å². The number of benzene rings is 1. The number of methoxy groups -OCH3 is 1. The number of quaternary nitrogens is 1. The SMILES string of the molecule is COc1ccc(Nc2nc(N)nc([N+](C)(C3CCN(C)CC3)C3CCCCSC3)n2)cc1Cl. The number of nitrogens with one attached hydrogen (secondary N) is 1. The lowest BCUT2D eigenvalue weighted by Gasteiger charge is -2.47. The van der Waals surface area contributed by atoms with E-state index in [4.69, 9.17) is 32.0 Å². The summed E-state index contributed by atoms with van der Waals surface area (Å²) >= 11 is 8.36. The minimum atomic E-state index is 0.237. The smallest absolute Gasteiger partial charge is 0.335 e. The van der Waals surface area contributed by atoms with Gasteiger partial charge in [-0.05, 0) is 43.8 Å². The predicted molar refractivity (Wildman–Crippen MR) is 139 cm³/mol. The van der Waals surface area contributed by atoms with Gasteiger partial charge in [0.15, 0.2) is 0 Å². The Kier molecular flexibility index (Phi) is 7.83. The van der Waals surface area contributed by atoms with Crippen molar-refractivity contribution in [2.75, 3.05) is 56.9 Å². The average Bonchev–Trinajstić information content (AvgIpc) is 3.09. The summed E-state index contributed by atoms with van der Waals surface area (Å²) in [5, 5.41) is 3.79. The van der Waals surface area contributed by atoms with Crippen molar-refractivity contribution in [3.8, 4) is 5.75 Å². The number of hydrogen-bond acceptors (Lipinski definition) is 8. The van der Waals surface area contributed by atoms with Crippen molar-refractivity contribution in [1.29, 1.82) is 0 Å². The highest BCUT2D eigenvalue weighted by molar-refractivity contribution is 7.99. The number of nitrogens with zero attached hydrogens (tertiary/aromatic N) is 5. The minimum Gasteiger partial charge on any atom is -0.495 e. The van der Waals surface area contributed by atoms with Crippen molar-refractivity contribution >= 4 is 46.9 Å². The maximum Gasteiger partial charge on any atom is 0.335 e. The number of rotatable bonds is 6. The summed E-state index contributed by atoms with van der Waals surface area (Å²) < 4.78 is 5.97. The van der Waals surface area contributed by atoms with Gasteiger partial charge in [-0.25, -0.2) is 0 Å². The van der Waals surface area contributed by atoms with Gasteiger partial charge in [0, 0.05) is 43.8 Å². The first kappa shape index (κ1) is 24.3. The molecule has 180 valence electrons. The molecule has 2 saturated heterocycles. The van der Waals surface area contributed by atoms with Crippen LogP contribution in [-0.4, -0.2) is 77.7 Å². The van der Waals surface area contributed by atoms with Crippen molar-refractivity contribution in [2.24, 2.45) is 0 Å². The fourth-order valence-electron chi connectivity index (χ4n) is 4.99. The number of piperidine rings is 1. The van der Waals surface area contributed by atoms with Gasteiger partial charge >= 0.3 is 5.95 Å². The second kappa shape index (κ2) is 10.6. The molecule has 3 N–H and O–H groups in total. The van der Waals surface area contributed by atoms with Crippen LogP contribution in [0, 0.1) is 0 Å². The molecule has 33 heavy (non-hydrogen) atoms. The van der Waals surface area contributed by atoms with E-state index in [0.29, 0.717) is 33.3 Å². The third kappa shape index (κ3) is 5.48. The molecule has 2 fully saturated rings. The standard InChI is InChI=1S/C23H35ClN7OS/c1-30-11-9-17(10-12-30)31(2,18-6-4-5-13-33-15-18)23-28-21(25)27-22(29-23)26-16-7-8-20(32-3)19(24)14-16/h7-8,14,17-18H,4-6,9-13,15H2,1-3H3,(H3,25,26,27,28,29)/q+1. The quantitative estimate of drug-likeness (QED) is 0.580. The number of nitrogen functional groups attached to an aromatic ring is 1. The summed E-state index contributed by atoms with van der Waals surface area (Å²) in [4.78, 5) is 16.4. The minimum absolute atomic E-state index is 0.237. The number of halogens is 1. The lowest BCUT2D eigenvalue weighted by molar-refractivity contribution is 0.108. The van der Waals surface area contributed by atoms with Crippen molar-refractivity contribution in [1.82, 2.24) is 24.3 Å². The lowest BCUT2D eigenvalue weighted by Crippen LogP contribution is -2.64. The van der Waals surface area contributed by atoms with Crippen LogP contribution in [0.3, 0.4) is 0 Å². The molecule has 1 aromatic carbocycles. The Hall–Kier alpha value is -1.81. The van der Waals surface area contributed by atoms with E-state index in [1.54, 1.807) is 13.2 Å². The van der Waals surface area contributed by atoms with Crippen molar-refractivity contribution in [2.45, 2.75) is 44.2 Å². The highest BCUT2D eigenvalue weighted by atomic mass is 35.5.